The lowest BCUT2D eigenvalue weighted by Crippen LogP contribution is -2.18. The Morgan fingerprint density at radius 1 is 1.25 bits per heavy atom. The van der Waals surface area contributed by atoms with Gasteiger partial charge in [0.15, 0.2) is 0 Å². The van der Waals surface area contributed by atoms with Crippen molar-refractivity contribution in [3.05, 3.63) is 29.3 Å². The summed E-state index contributed by atoms with van der Waals surface area (Å²) in [6, 6.07) is 5.96. The van der Waals surface area contributed by atoms with Crippen LogP contribution in [0.1, 0.15) is 31.9 Å². The third kappa shape index (κ3) is 3.35. The lowest BCUT2D eigenvalue weighted by atomic mass is 9.85. The summed E-state index contributed by atoms with van der Waals surface area (Å²) in [6.45, 7) is 10.9. The topological polar surface area (TPSA) is 29.5 Å². The van der Waals surface area contributed by atoms with Crippen LogP contribution in [0, 0.1) is 0 Å². The Bertz CT molecular complexity index is 353. The molecule has 90 valence electrons. The SMILES string of the molecule is C[SiH](C)Oc1ccc(CO)cc1C(C)(C)C. The molecule has 1 aromatic rings. The highest BCUT2D eigenvalue weighted by molar-refractivity contribution is 6.49. The molecule has 16 heavy (non-hydrogen) atoms. The number of aliphatic hydroxyl groups excluding tert-OH is 1. The summed E-state index contributed by atoms with van der Waals surface area (Å²) in [5.74, 6) is 0.978. The number of benzene rings is 1. The predicted octanol–water partition coefficient (Wildman–Crippen LogP) is 2.84. The molecule has 0 amide bonds. The molecule has 0 fully saturated rings. The summed E-state index contributed by atoms with van der Waals surface area (Å²) in [5, 5.41) is 9.17. The van der Waals surface area contributed by atoms with E-state index in [1.165, 1.54) is 5.56 Å². The summed E-state index contributed by atoms with van der Waals surface area (Å²) in [4.78, 5) is 0. The quantitative estimate of drug-likeness (QED) is 0.821. The van der Waals surface area contributed by atoms with Crippen LogP contribution in [-0.4, -0.2) is 14.1 Å². The van der Waals surface area contributed by atoms with Gasteiger partial charge in [0.2, 0.25) is 9.04 Å². The molecule has 1 rings (SSSR count). The van der Waals surface area contributed by atoms with Gasteiger partial charge in [-0.2, -0.15) is 0 Å². The molecule has 0 saturated heterocycles. The zero-order valence-electron chi connectivity index (χ0n) is 10.9. The van der Waals surface area contributed by atoms with Crippen molar-refractivity contribution in [2.75, 3.05) is 0 Å². The zero-order chi connectivity index (χ0) is 12.3. The van der Waals surface area contributed by atoms with Crippen LogP contribution in [0.5, 0.6) is 5.75 Å². The van der Waals surface area contributed by atoms with Crippen molar-refractivity contribution in [3.63, 3.8) is 0 Å². The highest BCUT2D eigenvalue weighted by Gasteiger charge is 2.19. The number of hydrogen-bond acceptors (Lipinski definition) is 2. The van der Waals surface area contributed by atoms with E-state index in [0.29, 0.717) is 0 Å². The van der Waals surface area contributed by atoms with E-state index in [0.717, 1.165) is 11.3 Å². The maximum atomic E-state index is 9.17. The minimum atomic E-state index is -1.08. The van der Waals surface area contributed by atoms with E-state index in [2.05, 4.69) is 33.9 Å². The molecule has 0 bridgehead atoms. The van der Waals surface area contributed by atoms with Gasteiger partial charge in [-0.05, 0) is 41.8 Å². The highest BCUT2D eigenvalue weighted by atomic mass is 28.3. The van der Waals surface area contributed by atoms with Gasteiger partial charge in [0.1, 0.15) is 5.75 Å². The summed E-state index contributed by atoms with van der Waals surface area (Å²) in [5.41, 5.74) is 2.17. The molecule has 1 N–H and O–H groups in total. The lowest BCUT2D eigenvalue weighted by molar-refractivity contribution is 0.281. The van der Waals surface area contributed by atoms with Gasteiger partial charge in [0.05, 0.1) is 6.61 Å². The summed E-state index contributed by atoms with van der Waals surface area (Å²) < 4.78 is 5.93. The fourth-order valence-electron chi connectivity index (χ4n) is 1.62. The molecule has 0 unspecified atom stereocenters. The van der Waals surface area contributed by atoms with Gasteiger partial charge in [0.25, 0.3) is 0 Å². The summed E-state index contributed by atoms with van der Waals surface area (Å²) >= 11 is 0. The number of hydrogen-bond donors (Lipinski definition) is 1. The second-order valence-electron chi connectivity index (χ2n) is 5.41. The van der Waals surface area contributed by atoms with Crippen molar-refractivity contribution >= 4 is 9.04 Å². The lowest BCUT2D eigenvalue weighted by Gasteiger charge is -2.25. The van der Waals surface area contributed by atoms with Crippen molar-refractivity contribution in [1.29, 1.82) is 0 Å². The monoisotopic (exact) mass is 238 g/mol. The Morgan fingerprint density at radius 3 is 2.31 bits per heavy atom. The molecule has 0 atom stereocenters. The zero-order valence-corrected chi connectivity index (χ0v) is 12.0. The van der Waals surface area contributed by atoms with Crippen molar-refractivity contribution in [2.24, 2.45) is 0 Å². The summed E-state index contributed by atoms with van der Waals surface area (Å²) in [6.07, 6.45) is 0. The molecule has 0 heterocycles. The largest absolute Gasteiger partial charge is 0.547 e. The van der Waals surface area contributed by atoms with Crippen molar-refractivity contribution in [1.82, 2.24) is 0 Å². The van der Waals surface area contributed by atoms with Crippen LogP contribution < -0.4 is 4.43 Å². The molecule has 0 aromatic heterocycles. The van der Waals surface area contributed by atoms with Crippen LogP contribution in [0.3, 0.4) is 0 Å². The predicted molar refractivity (Wildman–Crippen MR) is 70.6 cm³/mol. The molecule has 0 radical (unpaired) electrons. The van der Waals surface area contributed by atoms with Gasteiger partial charge in [-0.15, -0.1) is 0 Å². The van der Waals surface area contributed by atoms with Gasteiger partial charge in [0, 0.05) is 0 Å². The maximum absolute atomic E-state index is 9.17. The second-order valence-corrected chi connectivity index (χ2v) is 7.74. The minimum absolute atomic E-state index is 0.0454. The third-order valence-electron chi connectivity index (χ3n) is 2.40. The van der Waals surface area contributed by atoms with Gasteiger partial charge < -0.3 is 9.53 Å². The fraction of sp³-hybridized carbons (Fsp3) is 0.538. The van der Waals surface area contributed by atoms with Crippen LogP contribution in [0.4, 0.5) is 0 Å². The van der Waals surface area contributed by atoms with Crippen LogP contribution in [0.15, 0.2) is 18.2 Å². The standard InChI is InChI=1S/C13H22O2Si/c1-13(2,3)11-8-10(9-14)6-7-12(11)15-16(4)5/h6-8,14,16H,9H2,1-5H3. The van der Waals surface area contributed by atoms with Crippen LogP contribution in [0.25, 0.3) is 0 Å². The van der Waals surface area contributed by atoms with E-state index in [-0.39, 0.29) is 12.0 Å². The second kappa shape index (κ2) is 5.02. The Balaban J connectivity index is 3.17. The Kier molecular flexibility index (Phi) is 4.16. The van der Waals surface area contributed by atoms with Crippen molar-refractivity contribution in [3.8, 4) is 5.75 Å². The number of aliphatic hydroxyl groups is 1. The van der Waals surface area contributed by atoms with Crippen LogP contribution >= 0.6 is 0 Å². The normalized spacial score (nSPS) is 11.9. The van der Waals surface area contributed by atoms with Crippen molar-refractivity contribution < 1.29 is 9.53 Å². The van der Waals surface area contributed by atoms with Crippen LogP contribution in [0.2, 0.25) is 13.1 Å². The van der Waals surface area contributed by atoms with E-state index in [1.807, 2.05) is 18.2 Å². The first-order chi connectivity index (χ1) is 7.34. The number of rotatable bonds is 3. The molecule has 0 aliphatic rings. The van der Waals surface area contributed by atoms with Gasteiger partial charge in [-0.3, -0.25) is 0 Å². The molecule has 0 aliphatic carbocycles. The van der Waals surface area contributed by atoms with Gasteiger partial charge >= 0.3 is 0 Å². The van der Waals surface area contributed by atoms with Gasteiger partial charge in [-0.25, -0.2) is 0 Å². The molecular formula is C13H22O2Si. The van der Waals surface area contributed by atoms with E-state index in [4.69, 9.17) is 9.53 Å². The van der Waals surface area contributed by atoms with E-state index in [9.17, 15) is 0 Å². The molecule has 1 aromatic carbocycles. The molecular weight excluding hydrogens is 216 g/mol. The first-order valence-corrected chi connectivity index (χ1v) is 8.53. The Morgan fingerprint density at radius 2 is 1.88 bits per heavy atom. The molecule has 0 saturated carbocycles. The first-order valence-electron chi connectivity index (χ1n) is 5.75. The maximum Gasteiger partial charge on any atom is 0.229 e. The molecule has 3 heteroatoms. The Hall–Kier alpha value is -0.803. The highest BCUT2D eigenvalue weighted by Crippen LogP contribution is 2.32. The Labute approximate surface area is 100.0 Å². The average Bonchev–Trinajstić information content (AvgIpc) is 2.15. The summed E-state index contributed by atoms with van der Waals surface area (Å²) in [7, 11) is -1.08. The van der Waals surface area contributed by atoms with Crippen LogP contribution in [-0.2, 0) is 12.0 Å². The van der Waals surface area contributed by atoms with E-state index in [1.54, 1.807) is 0 Å². The first kappa shape index (κ1) is 13.3. The molecule has 2 nitrogen and oxygen atoms in total. The van der Waals surface area contributed by atoms with E-state index < -0.39 is 9.04 Å². The molecule has 0 spiro atoms. The minimum Gasteiger partial charge on any atom is -0.547 e. The molecule has 0 aliphatic heterocycles. The third-order valence-corrected chi connectivity index (χ3v) is 3.12. The van der Waals surface area contributed by atoms with Crippen molar-refractivity contribution in [2.45, 2.75) is 45.9 Å². The fourth-order valence-corrected chi connectivity index (χ4v) is 2.33. The average molecular weight is 238 g/mol. The van der Waals surface area contributed by atoms with Gasteiger partial charge in [-0.1, -0.05) is 26.8 Å². The van der Waals surface area contributed by atoms with E-state index >= 15 is 0 Å². The smallest absolute Gasteiger partial charge is 0.229 e.